The molecule has 30 heavy (non-hydrogen) atoms. The summed E-state index contributed by atoms with van der Waals surface area (Å²) in [5.74, 6) is -39.3. The summed E-state index contributed by atoms with van der Waals surface area (Å²) in [5, 5.41) is 8.76. The Hall–Kier alpha value is -0.890. The maximum absolute atomic E-state index is 14.0. The highest BCUT2D eigenvalue weighted by Crippen LogP contribution is 2.61. The molecule has 1 saturated heterocycles. The average molecular weight is 582 g/mol. The van der Waals surface area contributed by atoms with Crippen LogP contribution in [-0.2, 0) is 0 Å². The van der Waals surface area contributed by atoms with Crippen LogP contribution >= 0.6 is 22.6 Å². The average Bonchev–Trinajstić information content (AvgIpc) is 2.94. The summed E-state index contributed by atoms with van der Waals surface area (Å²) in [7, 11) is 0. The molecule has 0 aromatic heterocycles. The SMILES string of the molecule is N#CN1C[C@H](CCI)[C@H](CC(F)(F)C(F)(F)C(F)(F)C(F)(F)C(F)(F)C(F)(F)F)C1. The summed E-state index contributed by atoms with van der Waals surface area (Å²) in [6.45, 7) is -0.866. The first kappa shape index (κ1) is 27.1. The molecule has 1 rings (SSSR count). The minimum absolute atomic E-state index is 0.0454. The maximum atomic E-state index is 14.0. The van der Waals surface area contributed by atoms with Crippen LogP contribution < -0.4 is 0 Å². The first-order valence-electron chi connectivity index (χ1n) is 7.87. The van der Waals surface area contributed by atoms with Crippen molar-refractivity contribution in [3.05, 3.63) is 0 Å². The Morgan fingerprint density at radius 1 is 0.733 bits per heavy atom. The summed E-state index contributed by atoms with van der Waals surface area (Å²) in [5.41, 5.74) is 0. The molecule has 0 amide bonds. The number of nitrogens with zero attached hydrogens (tertiary/aromatic N) is 2. The molecular formula is C14H12F13IN2. The van der Waals surface area contributed by atoms with Gasteiger partial charge in [0.15, 0.2) is 6.19 Å². The van der Waals surface area contributed by atoms with E-state index in [2.05, 4.69) is 0 Å². The monoisotopic (exact) mass is 582 g/mol. The fourth-order valence-corrected chi connectivity index (χ4v) is 3.78. The largest absolute Gasteiger partial charge is 0.460 e. The van der Waals surface area contributed by atoms with Crippen LogP contribution in [0.2, 0.25) is 0 Å². The topological polar surface area (TPSA) is 27.0 Å². The highest BCUT2D eigenvalue weighted by Gasteiger charge is 2.90. The van der Waals surface area contributed by atoms with Gasteiger partial charge in [-0.15, -0.1) is 0 Å². The van der Waals surface area contributed by atoms with E-state index in [1.807, 2.05) is 0 Å². The van der Waals surface area contributed by atoms with Gasteiger partial charge in [-0.05, 0) is 22.7 Å². The van der Waals surface area contributed by atoms with Gasteiger partial charge >= 0.3 is 35.8 Å². The second-order valence-electron chi connectivity index (χ2n) is 6.71. The molecule has 1 heterocycles. The van der Waals surface area contributed by atoms with Crippen molar-refractivity contribution in [2.24, 2.45) is 11.8 Å². The van der Waals surface area contributed by atoms with E-state index in [0.29, 0.717) is 0 Å². The van der Waals surface area contributed by atoms with E-state index in [9.17, 15) is 57.1 Å². The lowest BCUT2D eigenvalue weighted by atomic mass is 9.84. The minimum atomic E-state index is -7.89. The Morgan fingerprint density at radius 2 is 1.17 bits per heavy atom. The standard InChI is InChI=1S/C14H12F13IN2/c15-9(16,3-8-5-30(6-29)4-7(8)1-2-28)10(17,18)11(19,20)12(21,22)13(23,24)14(25,26)27/h7-8H,1-5H2/t7-,8+/m0/s1. The van der Waals surface area contributed by atoms with Crippen LogP contribution in [0.4, 0.5) is 57.1 Å². The second-order valence-corrected chi connectivity index (χ2v) is 7.79. The molecule has 176 valence electrons. The quantitative estimate of drug-likeness (QED) is 0.153. The molecule has 16 heteroatoms. The molecule has 1 aliphatic rings. The highest BCUT2D eigenvalue weighted by molar-refractivity contribution is 14.1. The predicted molar refractivity (Wildman–Crippen MR) is 83.1 cm³/mol. The van der Waals surface area contributed by atoms with E-state index in [1.165, 1.54) is 6.19 Å². The Morgan fingerprint density at radius 3 is 1.57 bits per heavy atom. The summed E-state index contributed by atoms with van der Waals surface area (Å²) in [6.07, 6.45) is -8.11. The number of nitriles is 1. The Balaban J connectivity index is 3.31. The number of likely N-dealkylation sites (tertiary alicyclic amines) is 1. The summed E-state index contributed by atoms with van der Waals surface area (Å²) in [4.78, 5) is 0.820. The van der Waals surface area contributed by atoms with Crippen LogP contribution in [0.1, 0.15) is 12.8 Å². The first-order chi connectivity index (χ1) is 13.2. The van der Waals surface area contributed by atoms with Crippen molar-refractivity contribution in [2.45, 2.75) is 48.6 Å². The van der Waals surface area contributed by atoms with Crippen molar-refractivity contribution in [3.8, 4) is 6.19 Å². The van der Waals surface area contributed by atoms with E-state index in [0.717, 1.165) is 4.90 Å². The van der Waals surface area contributed by atoms with Gasteiger partial charge in [0.1, 0.15) is 0 Å². The Kier molecular flexibility index (Phi) is 7.44. The zero-order valence-corrected chi connectivity index (χ0v) is 16.5. The van der Waals surface area contributed by atoms with Gasteiger partial charge in [-0.25, -0.2) is 0 Å². The van der Waals surface area contributed by atoms with Crippen molar-refractivity contribution in [1.82, 2.24) is 4.90 Å². The fraction of sp³-hybridized carbons (Fsp3) is 0.929. The molecule has 0 aliphatic carbocycles. The molecule has 0 aromatic rings. The van der Waals surface area contributed by atoms with Gasteiger partial charge in [0.25, 0.3) is 0 Å². The van der Waals surface area contributed by atoms with Gasteiger partial charge in [0.05, 0.1) is 0 Å². The third kappa shape index (κ3) is 4.23. The van der Waals surface area contributed by atoms with Gasteiger partial charge in [-0.3, -0.25) is 0 Å². The van der Waals surface area contributed by atoms with E-state index in [4.69, 9.17) is 5.26 Å². The van der Waals surface area contributed by atoms with Crippen LogP contribution in [0.3, 0.4) is 0 Å². The van der Waals surface area contributed by atoms with E-state index in [-0.39, 0.29) is 17.4 Å². The van der Waals surface area contributed by atoms with Crippen molar-refractivity contribution >= 4 is 22.6 Å². The molecule has 0 N–H and O–H groups in total. The van der Waals surface area contributed by atoms with E-state index >= 15 is 0 Å². The van der Waals surface area contributed by atoms with Crippen molar-refractivity contribution < 1.29 is 57.1 Å². The molecule has 0 radical (unpaired) electrons. The van der Waals surface area contributed by atoms with Crippen molar-refractivity contribution in [2.75, 3.05) is 17.5 Å². The van der Waals surface area contributed by atoms with E-state index < -0.39 is 60.6 Å². The third-order valence-electron chi connectivity index (χ3n) is 4.71. The van der Waals surface area contributed by atoms with Crippen LogP contribution in [-0.4, -0.2) is 58.2 Å². The number of hydrogen-bond acceptors (Lipinski definition) is 2. The summed E-state index contributed by atoms with van der Waals surface area (Å²) < 4.78 is 171. The molecule has 0 aromatic carbocycles. The lowest BCUT2D eigenvalue weighted by Crippen LogP contribution is -2.70. The lowest BCUT2D eigenvalue weighted by molar-refractivity contribution is -0.440. The zero-order chi connectivity index (χ0) is 24.0. The number of alkyl halides is 14. The first-order valence-corrected chi connectivity index (χ1v) is 9.40. The maximum Gasteiger partial charge on any atom is 0.460 e. The van der Waals surface area contributed by atoms with Gasteiger partial charge in [0.2, 0.25) is 0 Å². The second kappa shape index (κ2) is 8.23. The molecule has 0 bridgehead atoms. The van der Waals surface area contributed by atoms with Gasteiger partial charge < -0.3 is 4.90 Å². The molecule has 0 unspecified atom stereocenters. The third-order valence-corrected chi connectivity index (χ3v) is 5.34. The number of rotatable bonds is 8. The van der Waals surface area contributed by atoms with E-state index in [1.54, 1.807) is 22.6 Å². The van der Waals surface area contributed by atoms with Crippen LogP contribution in [0.25, 0.3) is 0 Å². The molecule has 2 atom stereocenters. The Bertz CT molecular complexity index is 655. The minimum Gasteiger partial charge on any atom is -0.310 e. The van der Waals surface area contributed by atoms with Gasteiger partial charge in [-0.2, -0.15) is 62.3 Å². The summed E-state index contributed by atoms with van der Waals surface area (Å²) in [6, 6.07) is 0. The molecule has 0 saturated carbocycles. The van der Waals surface area contributed by atoms with Crippen LogP contribution in [0, 0.1) is 23.3 Å². The molecular weight excluding hydrogens is 570 g/mol. The predicted octanol–water partition coefficient (Wildman–Crippen LogP) is 5.97. The van der Waals surface area contributed by atoms with Gasteiger partial charge in [-0.1, -0.05) is 22.6 Å². The van der Waals surface area contributed by atoms with Crippen molar-refractivity contribution in [1.29, 1.82) is 5.26 Å². The number of halogens is 14. The van der Waals surface area contributed by atoms with Crippen LogP contribution in [0.5, 0.6) is 0 Å². The smallest absolute Gasteiger partial charge is 0.310 e. The zero-order valence-electron chi connectivity index (χ0n) is 14.4. The van der Waals surface area contributed by atoms with Gasteiger partial charge in [0, 0.05) is 19.5 Å². The highest BCUT2D eigenvalue weighted by atomic mass is 127. The van der Waals surface area contributed by atoms with Crippen molar-refractivity contribution in [3.63, 3.8) is 0 Å². The normalized spacial score (nSPS) is 22.4. The van der Waals surface area contributed by atoms with Crippen LogP contribution in [0.15, 0.2) is 0 Å². The molecule has 1 fully saturated rings. The molecule has 1 aliphatic heterocycles. The molecule has 0 spiro atoms. The fourth-order valence-electron chi connectivity index (χ4n) is 2.98. The lowest BCUT2D eigenvalue weighted by Gasteiger charge is -2.40. The summed E-state index contributed by atoms with van der Waals surface area (Å²) >= 11 is 1.75. The Labute approximate surface area is 174 Å². The molecule has 2 nitrogen and oxygen atoms in total. The number of hydrogen-bond donors (Lipinski definition) is 0.